The predicted octanol–water partition coefficient (Wildman–Crippen LogP) is 2.42. The zero-order chi connectivity index (χ0) is 21.0. The highest BCUT2D eigenvalue weighted by molar-refractivity contribution is 7.89. The second-order valence-electron chi connectivity index (χ2n) is 8.00. The first-order valence-corrected chi connectivity index (χ1v) is 10.9. The van der Waals surface area contributed by atoms with E-state index in [4.69, 9.17) is 0 Å². The molecule has 8 heteroatoms. The highest BCUT2D eigenvalue weighted by Gasteiger charge is 2.41. The van der Waals surface area contributed by atoms with Crippen LogP contribution in [0.5, 0.6) is 0 Å². The highest BCUT2D eigenvalue weighted by Crippen LogP contribution is 2.36. The standard InChI is InChI=1S/C21H23N3O4S/c1-14(25)16-6-4-15(5-7-16)13-24-18-9-8-17(12-19(18)23(3)20(24)26)29(27,28)22-21(2)10-11-21/h4-9,12,22H,10-11,13H2,1-3H3. The van der Waals surface area contributed by atoms with Crippen molar-refractivity contribution in [2.45, 2.75) is 43.7 Å². The number of carbonyl (C=O) groups is 1. The molecule has 0 aliphatic heterocycles. The van der Waals surface area contributed by atoms with E-state index in [2.05, 4.69) is 4.72 Å². The van der Waals surface area contributed by atoms with Crippen LogP contribution in [-0.4, -0.2) is 28.9 Å². The van der Waals surface area contributed by atoms with E-state index in [0.717, 1.165) is 18.4 Å². The summed E-state index contributed by atoms with van der Waals surface area (Å²) in [6.07, 6.45) is 1.65. The number of carbonyl (C=O) groups excluding carboxylic acids is 1. The second-order valence-corrected chi connectivity index (χ2v) is 9.68. The Morgan fingerprint density at radius 3 is 2.34 bits per heavy atom. The molecule has 1 N–H and O–H groups in total. The SMILES string of the molecule is CC(=O)c1ccc(Cn2c(=O)n(C)c3cc(S(=O)(=O)NC4(C)CC4)ccc32)cc1. The van der Waals surface area contributed by atoms with Gasteiger partial charge < -0.3 is 0 Å². The van der Waals surface area contributed by atoms with Crippen LogP contribution >= 0.6 is 0 Å². The van der Waals surface area contributed by atoms with Crippen molar-refractivity contribution in [2.24, 2.45) is 7.05 Å². The minimum absolute atomic E-state index is 0.0127. The number of rotatable bonds is 6. The summed E-state index contributed by atoms with van der Waals surface area (Å²) in [4.78, 5) is 24.4. The average molecular weight is 413 g/mol. The molecule has 1 saturated carbocycles. The highest BCUT2D eigenvalue weighted by atomic mass is 32.2. The van der Waals surface area contributed by atoms with Crippen molar-refractivity contribution >= 4 is 26.8 Å². The van der Waals surface area contributed by atoms with Gasteiger partial charge in [0.2, 0.25) is 10.0 Å². The fraction of sp³-hybridized carbons (Fsp3) is 0.333. The van der Waals surface area contributed by atoms with Crippen molar-refractivity contribution < 1.29 is 13.2 Å². The van der Waals surface area contributed by atoms with Crippen molar-refractivity contribution in [1.82, 2.24) is 13.9 Å². The molecule has 152 valence electrons. The number of hydrogen-bond acceptors (Lipinski definition) is 4. The molecule has 0 radical (unpaired) electrons. The van der Waals surface area contributed by atoms with Crippen LogP contribution in [-0.2, 0) is 23.6 Å². The van der Waals surface area contributed by atoms with Gasteiger partial charge in [-0.2, -0.15) is 0 Å². The number of imidazole rings is 1. The van der Waals surface area contributed by atoms with E-state index >= 15 is 0 Å². The summed E-state index contributed by atoms with van der Waals surface area (Å²) in [7, 11) is -2.01. The van der Waals surface area contributed by atoms with Crippen LogP contribution in [0.1, 0.15) is 42.6 Å². The Balaban J connectivity index is 1.72. The predicted molar refractivity (Wildman–Crippen MR) is 111 cm³/mol. The van der Waals surface area contributed by atoms with Crippen molar-refractivity contribution in [1.29, 1.82) is 0 Å². The van der Waals surface area contributed by atoms with Crippen molar-refractivity contribution in [3.05, 3.63) is 64.1 Å². The Morgan fingerprint density at radius 2 is 1.76 bits per heavy atom. The third-order valence-corrected chi connectivity index (χ3v) is 7.15. The molecule has 1 fully saturated rings. The van der Waals surface area contributed by atoms with Gasteiger partial charge >= 0.3 is 5.69 Å². The van der Waals surface area contributed by atoms with Gasteiger partial charge in [0.25, 0.3) is 0 Å². The van der Waals surface area contributed by atoms with E-state index in [-0.39, 0.29) is 21.9 Å². The summed E-state index contributed by atoms with van der Waals surface area (Å²) < 4.78 is 31.1. The molecule has 1 heterocycles. The third kappa shape index (κ3) is 3.65. The second kappa shape index (κ2) is 6.67. The van der Waals surface area contributed by atoms with Gasteiger partial charge in [-0.3, -0.25) is 13.9 Å². The molecule has 3 aromatic rings. The largest absolute Gasteiger partial charge is 0.329 e. The molecule has 7 nitrogen and oxygen atoms in total. The van der Waals surface area contributed by atoms with Gasteiger partial charge in [-0.1, -0.05) is 24.3 Å². The van der Waals surface area contributed by atoms with E-state index in [1.54, 1.807) is 35.9 Å². The number of hydrogen-bond donors (Lipinski definition) is 1. The first-order chi connectivity index (χ1) is 13.6. The average Bonchev–Trinajstić information content (AvgIpc) is 3.35. The van der Waals surface area contributed by atoms with Crippen LogP contribution in [0.4, 0.5) is 0 Å². The minimum Gasteiger partial charge on any atom is -0.295 e. The lowest BCUT2D eigenvalue weighted by Crippen LogP contribution is -2.34. The molecule has 29 heavy (non-hydrogen) atoms. The topological polar surface area (TPSA) is 90.2 Å². The molecule has 1 aromatic heterocycles. The Labute approximate surface area is 169 Å². The van der Waals surface area contributed by atoms with E-state index in [1.807, 2.05) is 19.1 Å². The van der Waals surface area contributed by atoms with Gasteiger partial charge in [0, 0.05) is 18.2 Å². The first-order valence-electron chi connectivity index (χ1n) is 9.43. The van der Waals surface area contributed by atoms with Crippen LogP contribution in [0.2, 0.25) is 0 Å². The Kier molecular flexibility index (Phi) is 4.51. The van der Waals surface area contributed by atoms with E-state index < -0.39 is 10.0 Å². The lowest BCUT2D eigenvalue weighted by atomic mass is 10.1. The van der Waals surface area contributed by atoms with Gasteiger partial charge in [-0.15, -0.1) is 0 Å². The van der Waals surface area contributed by atoms with Gasteiger partial charge in [-0.05, 0) is 50.5 Å². The van der Waals surface area contributed by atoms with Crippen molar-refractivity contribution in [2.75, 3.05) is 0 Å². The van der Waals surface area contributed by atoms with E-state index in [1.165, 1.54) is 17.6 Å². The summed E-state index contributed by atoms with van der Waals surface area (Å²) >= 11 is 0. The monoisotopic (exact) mass is 413 g/mol. The zero-order valence-corrected chi connectivity index (χ0v) is 17.4. The molecular weight excluding hydrogens is 390 g/mol. The quantitative estimate of drug-likeness (QED) is 0.629. The number of ketones is 1. The zero-order valence-electron chi connectivity index (χ0n) is 16.6. The summed E-state index contributed by atoms with van der Waals surface area (Å²) in [6, 6.07) is 11.9. The van der Waals surface area contributed by atoms with E-state index in [9.17, 15) is 18.0 Å². The number of sulfonamides is 1. The van der Waals surface area contributed by atoms with Crippen LogP contribution < -0.4 is 10.4 Å². The number of fused-ring (bicyclic) bond motifs is 1. The summed E-state index contributed by atoms with van der Waals surface area (Å²) in [5.41, 5.74) is 2.11. The molecule has 4 rings (SSSR count). The van der Waals surface area contributed by atoms with Crippen molar-refractivity contribution in [3.8, 4) is 0 Å². The Bertz CT molecular complexity index is 1280. The molecule has 0 amide bonds. The molecule has 1 aliphatic carbocycles. The summed E-state index contributed by atoms with van der Waals surface area (Å²) in [5, 5.41) is 0. The van der Waals surface area contributed by atoms with Crippen LogP contribution in [0.3, 0.4) is 0 Å². The number of Topliss-reactive ketones (excluding diaryl/α,β-unsaturated/α-hetero) is 1. The van der Waals surface area contributed by atoms with Crippen LogP contribution in [0, 0.1) is 0 Å². The lowest BCUT2D eigenvalue weighted by molar-refractivity contribution is 0.101. The molecule has 0 atom stereocenters. The molecule has 0 unspecified atom stereocenters. The number of aromatic nitrogens is 2. The number of benzene rings is 2. The van der Waals surface area contributed by atoms with Crippen LogP contribution in [0.15, 0.2) is 52.2 Å². The van der Waals surface area contributed by atoms with E-state index in [0.29, 0.717) is 23.1 Å². The van der Waals surface area contributed by atoms with Gasteiger partial charge in [-0.25, -0.2) is 17.9 Å². The fourth-order valence-electron chi connectivity index (χ4n) is 3.41. The van der Waals surface area contributed by atoms with Gasteiger partial charge in [0.15, 0.2) is 5.78 Å². The molecule has 0 bridgehead atoms. The number of aryl methyl sites for hydroxylation is 1. The molecule has 1 aliphatic rings. The molecule has 0 saturated heterocycles. The maximum Gasteiger partial charge on any atom is 0.329 e. The summed E-state index contributed by atoms with van der Waals surface area (Å²) in [6.45, 7) is 3.72. The molecular formula is C21H23N3O4S. The minimum atomic E-state index is -3.65. The lowest BCUT2D eigenvalue weighted by Gasteiger charge is -2.12. The maximum atomic E-state index is 12.8. The number of nitrogens with zero attached hydrogens (tertiary/aromatic N) is 2. The molecule has 0 spiro atoms. The summed E-state index contributed by atoms with van der Waals surface area (Å²) in [5.74, 6) is -0.0127. The van der Waals surface area contributed by atoms with Crippen LogP contribution in [0.25, 0.3) is 11.0 Å². The maximum absolute atomic E-state index is 12.8. The smallest absolute Gasteiger partial charge is 0.295 e. The first kappa shape index (κ1) is 19.6. The van der Waals surface area contributed by atoms with Gasteiger partial charge in [0.05, 0.1) is 22.5 Å². The third-order valence-electron chi connectivity index (χ3n) is 5.51. The normalized spacial score (nSPS) is 15.6. The Morgan fingerprint density at radius 1 is 1.10 bits per heavy atom. The van der Waals surface area contributed by atoms with Gasteiger partial charge in [0.1, 0.15) is 0 Å². The molecule has 2 aromatic carbocycles. The number of nitrogens with one attached hydrogen (secondary N) is 1. The Hall–Kier alpha value is -2.71. The fourth-order valence-corrected chi connectivity index (χ4v) is 4.89. The van der Waals surface area contributed by atoms with Crippen molar-refractivity contribution in [3.63, 3.8) is 0 Å².